The number of ether oxygens (including phenoxy) is 3. The average molecular weight is 382 g/mol. The van der Waals surface area contributed by atoms with E-state index in [-0.39, 0.29) is 30.9 Å². The number of rotatable bonds is 6. The van der Waals surface area contributed by atoms with Gasteiger partial charge in [0.05, 0.1) is 12.5 Å². The summed E-state index contributed by atoms with van der Waals surface area (Å²) in [7, 11) is 0. The van der Waals surface area contributed by atoms with Gasteiger partial charge in [0, 0.05) is 24.7 Å². The van der Waals surface area contributed by atoms with Crippen LogP contribution in [0.3, 0.4) is 0 Å². The van der Waals surface area contributed by atoms with E-state index in [1.165, 1.54) is 0 Å². The molecule has 7 heteroatoms. The van der Waals surface area contributed by atoms with Crippen molar-refractivity contribution in [1.82, 2.24) is 5.32 Å². The molecule has 2 aliphatic heterocycles. The van der Waals surface area contributed by atoms with Gasteiger partial charge in [0.25, 0.3) is 0 Å². The van der Waals surface area contributed by atoms with Crippen molar-refractivity contribution in [3.8, 4) is 17.2 Å². The zero-order valence-corrected chi connectivity index (χ0v) is 15.6. The van der Waals surface area contributed by atoms with Crippen molar-refractivity contribution in [3.05, 3.63) is 48.0 Å². The molecule has 0 saturated carbocycles. The van der Waals surface area contributed by atoms with E-state index in [0.29, 0.717) is 36.9 Å². The van der Waals surface area contributed by atoms with Crippen LogP contribution in [0.1, 0.15) is 12.0 Å². The lowest BCUT2D eigenvalue weighted by Gasteiger charge is -2.17. The molecule has 28 heavy (non-hydrogen) atoms. The molecule has 1 unspecified atom stereocenters. The zero-order valence-electron chi connectivity index (χ0n) is 15.6. The van der Waals surface area contributed by atoms with Crippen molar-refractivity contribution >= 4 is 17.5 Å². The van der Waals surface area contributed by atoms with Crippen molar-refractivity contribution in [2.45, 2.75) is 13.3 Å². The maximum atomic E-state index is 12.4. The monoisotopic (exact) mass is 382 g/mol. The topological polar surface area (TPSA) is 77.1 Å². The van der Waals surface area contributed by atoms with Crippen molar-refractivity contribution in [3.63, 3.8) is 0 Å². The highest BCUT2D eigenvalue weighted by Gasteiger charge is 2.35. The summed E-state index contributed by atoms with van der Waals surface area (Å²) in [6, 6.07) is 13.1. The number of anilines is 1. The Hall–Kier alpha value is -3.22. The summed E-state index contributed by atoms with van der Waals surface area (Å²) in [5.41, 5.74) is 1.84. The van der Waals surface area contributed by atoms with E-state index in [0.717, 1.165) is 11.3 Å². The maximum absolute atomic E-state index is 12.4. The normalized spacial score (nSPS) is 17.7. The molecule has 7 nitrogen and oxygen atoms in total. The Kier molecular flexibility index (Phi) is 5.06. The zero-order chi connectivity index (χ0) is 19.5. The minimum atomic E-state index is -0.378. The Labute approximate surface area is 163 Å². The fraction of sp³-hybridized carbons (Fsp3) is 0.333. The van der Waals surface area contributed by atoms with Crippen LogP contribution in [0.5, 0.6) is 17.2 Å². The van der Waals surface area contributed by atoms with Crippen molar-refractivity contribution < 1.29 is 23.8 Å². The summed E-state index contributed by atoms with van der Waals surface area (Å²) in [5.74, 6) is 1.47. The molecule has 0 spiro atoms. The minimum Gasteiger partial charge on any atom is -0.492 e. The highest BCUT2D eigenvalue weighted by Crippen LogP contribution is 2.37. The van der Waals surface area contributed by atoms with Gasteiger partial charge in [-0.3, -0.25) is 9.59 Å². The van der Waals surface area contributed by atoms with Gasteiger partial charge in [0.1, 0.15) is 12.4 Å². The number of fused-ring (bicyclic) bond motifs is 1. The van der Waals surface area contributed by atoms with Crippen LogP contribution in [0.25, 0.3) is 0 Å². The summed E-state index contributed by atoms with van der Waals surface area (Å²) in [6.45, 7) is 3.30. The van der Waals surface area contributed by atoms with Crippen molar-refractivity contribution in [1.29, 1.82) is 0 Å². The van der Waals surface area contributed by atoms with Crippen LogP contribution >= 0.6 is 0 Å². The SMILES string of the molecule is Cc1cccc(OCCNC(=O)C2CC(=O)N(c3ccc4c(c3)OCO4)C2)c1. The van der Waals surface area contributed by atoms with Crippen molar-refractivity contribution in [2.24, 2.45) is 5.92 Å². The van der Waals surface area contributed by atoms with E-state index in [4.69, 9.17) is 14.2 Å². The lowest BCUT2D eigenvalue weighted by Crippen LogP contribution is -2.35. The molecular weight excluding hydrogens is 360 g/mol. The predicted octanol–water partition coefficient (Wildman–Crippen LogP) is 2.27. The molecule has 0 aliphatic carbocycles. The summed E-state index contributed by atoms with van der Waals surface area (Å²) < 4.78 is 16.3. The highest BCUT2D eigenvalue weighted by molar-refractivity contribution is 6.00. The third kappa shape index (κ3) is 3.88. The van der Waals surface area contributed by atoms with E-state index < -0.39 is 0 Å². The van der Waals surface area contributed by atoms with Gasteiger partial charge in [0.2, 0.25) is 18.6 Å². The van der Waals surface area contributed by atoms with Gasteiger partial charge < -0.3 is 24.4 Å². The molecule has 146 valence electrons. The molecule has 1 saturated heterocycles. The molecular formula is C21H22N2O5. The van der Waals surface area contributed by atoms with Crippen molar-refractivity contribution in [2.75, 3.05) is 31.4 Å². The van der Waals surface area contributed by atoms with Gasteiger partial charge in [-0.1, -0.05) is 12.1 Å². The summed E-state index contributed by atoms with van der Waals surface area (Å²) in [4.78, 5) is 26.4. The van der Waals surface area contributed by atoms with Gasteiger partial charge in [0.15, 0.2) is 11.5 Å². The molecule has 2 heterocycles. The Balaban J connectivity index is 1.28. The first-order valence-corrected chi connectivity index (χ1v) is 9.27. The van der Waals surface area contributed by atoms with E-state index in [9.17, 15) is 9.59 Å². The number of hydrogen-bond donors (Lipinski definition) is 1. The lowest BCUT2D eigenvalue weighted by atomic mass is 10.1. The lowest BCUT2D eigenvalue weighted by molar-refractivity contribution is -0.126. The molecule has 1 fully saturated rings. The Morgan fingerprint density at radius 1 is 1.21 bits per heavy atom. The van der Waals surface area contributed by atoms with Crippen LogP contribution in [-0.2, 0) is 9.59 Å². The third-order valence-corrected chi connectivity index (χ3v) is 4.82. The first-order chi connectivity index (χ1) is 13.6. The second-order valence-electron chi connectivity index (χ2n) is 6.90. The van der Waals surface area contributed by atoms with Crippen LogP contribution in [0.15, 0.2) is 42.5 Å². The Bertz CT molecular complexity index is 898. The van der Waals surface area contributed by atoms with Gasteiger partial charge in [-0.15, -0.1) is 0 Å². The first kappa shape index (κ1) is 18.2. The number of aryl methyl sites for hydroxylation is 1. The maximum Gasteiger partial charge on any atom is 0.231 e. The molecule has 2 aromatic carbocycles. The quantitative estimate of drug-likeness (QED) is 0.776. The van der Waals surface area contributed by atoms with Crippen LogP contribution in [0.2, 0.25) is 0 Å². The fourth-order valence-electron chi connectivity index (χ4n) is 3.38. The van der Waals surface area contributed by atoms with E-state index in [2.05, 4.69) is 5.32 Å². The molecule has 2 amide bonds. The molecule has 0 radical (unpaired) electrons. The Morgan fingerprint density at radius 2 is 2.07 bits per heavy atom. The fourth-order valence-corrected chi connectivity index (χ4v) is 3.38. The van der Waals surface area contributed by atoms with Crippen LogP contribution in [-0.4, -0.2) is 38.3 Å². The number of carbonyl (C=O) groups excluding carboxylic acids is 2. The molecule has 0 aromatic heterocycles. The standard InChI is InChI=1S/C21H22N2O5/c1-14-3-2-4-17(9-14)26-8-7-22-21(25)15-10-20(24)23(12-15)16-5-6-18-19(11-16)28-13-27-18/h2-6,9,11,15H,7-8,10,12-13H2,1H3,(H,22,25). The number of benzene rings is 2. The molecule has 2 aliphatic rings. The summed E-state index contributed by atoms with van der Waals surface area (Å²) in [5, 5.41) is 2.86. The van der Waals surface area contributed by atoms with E-state index >= 15 is 0 Å². The van der Waals surface area contributed by atoms with Gasteiger partial charge in [-0.25, -0.2) is 0 Å². The molecule has 4 rings (SSSR count). The van der Waals surface area contributed by atoms with Gasteiger partial charge in [-0.2, -0.15) is 0 Å². The van der Waals surface area contributed by atoms with Gasteiger partial charge in [-0.05, 0) is 36.8 Å². The van der Waals surface area contributed by atoms with Crippen LogP contribution in [0.4, 0.5) is 5.69 Å². The predicted molar refractivity (Wildman–Crippen MR) is 103 cm³/mol. The van der Waals surface area contributed by atoms with Crippen LogP contribution < -0.4 is 24.4 Å². The smallest absolute Gasteiger partial charge is 0.231 e. The third-order valence-electron chi connectivity index (χ3n) is 4.82. The molecule has 0 bridgehead atoms. The first-order valence-electron chi connectivity index (χ1n) is 9.27. The summed E-state index contributed by atoms with van der Waals surface area (Å²) in [6.07, 6.45) is 0.193. The van der Waals surface area contributed by atoms with Gasteiger partial charge >= 0.3 is 0 Å². The second kappa shape index (κ2) is 7.80. The average Bonchev–Trinajstić information content (AvgIpc) is 3.31. The number of amides is 2. The molecule has 1 atom stereocenters. The Morgan fingerprint density at radius 3 is 2.93 bits per heavy atom. The highest BCUT2D eigenvalue weighted by atomic mass is 16.7. The number of carbonyl (C=O) groups is 2. The molecule has 1 N–H and O–H groups in total. The summed E-state index contributed by atoms with van der Waals surface area (Å²) >= 11 is 0. The van der Waals surface area contributed by atoms with Crippen LogP contribution in [0, 0.1) is 12.8 Å². The van der Waals surface area contributed by atoms with E-state index in [1.54, 1.807) is 23.1 Å². The second-order valence-corrected chi connectivity index (χ2v) is 6.90. The van der Waals surface area contributed by atoms with E-state index in [1.807, 2.05) is 31.2 Å². The number of hydrogen-bond acceptors (Lipinski definition) is 5. The minimum absolute atomic E-state index is 0.0740. The largest absolute Gasteiger partial charge is 0.492 e. The number of nitrogens with zero attached hydrogens (tertiary/aromatic N) is 1. The number of nitrogens with one attached hydrogen (secondary N) is 1. The molecule has 2 aromatic rings.